The van der Waals surface area contributed by atoms with Gasteiger partial charge in [-0.2, -0.15) is 0 Å². The van der Waals surface area contributed by atoms with Crippen molar-refractivity contribution in [3.8, 4) is 0 Å². The number of hydrogen-bond acceptors (Lipinski definition) is 2. The molecule has 1 saturated carbocycles. The molecule has 0 aliphatic heterocycles. The van der Waals surface area contributed by atoms with Crippen LogP contribution >= 0.6 is 11.6 Å². The fraction of sp³-hybridized carbons (Fsp3) is 0.400. The zero-order chi connectivity index (χ0) is 9.31. The van der Waals surface area contributed by atoms with Crippen molar-refractivity contribution in [1.82, 2.24) is 4.98 Å². The number of carbonyl (C=O) groups is 1. The maximum Gasteiger partial charge on any atom is 0.126 e. The average Bonchev–Trinajstić information content (AvgIpc) is 2.90. The van der Waals surface area contributed by atoms with Gasteiger partial charge in [0.25, 0.3) is 0 Å². The van der Waals surface area contributed by atoms with E-state index in [0.29, 0.717) is 5.02 Å². The summed E-state index contributed by atoms with van der Waals surface area (Å²) in [6.07, 6.45) is 7.14. The van der Waals surface area contributed by atoms with Crippen LogP contribution in [0, 0.1) is 5.41 Å². The van der Waals surface area contributed by atoms with Crippen LogP contribution in [-0.2, 0) is 11.2 Å². The van der Waals surface area contributed by atoms with Gasteiger partial charge < -0.3 is 4.79 Å². The van der Waals surface area contributed by atoms with Gasteiger partial charge in [-0.15, -0.1) is 0 Å². The van der Waals surface area contributed by atoms with E-state index >= 15 is 0 Å². The molecule has 0 aromatic carbocycles. The van der Waals surface area contributed by atoms with Crippen molar-refractivity contribution >= 4 is 17.9 Å². The number of halogens is 1. The molecule has 0 radical (unpaired) electrons. The molecule has 1 aromatic rings. The molecule has 0 saturated heterocycles. The molecule has 0 spiro atoms. The van der Waals surface area contributed by atoms with Gasteiger partial charge in [0.15, 0.2) is 0 Å². The number of hydrogen-bond donors (Lipinski definition) is 0. The SMILES string of the molecule is O=CC1(Cc2ccncc2Cl)CC1. The molecular weight excluding hydrogens is 186 g/mol. The largest absolute Gasteiger partial charge is 0.303 e. The van der Waals surface area contributed by atoms with E-state index in [-0.39, 0.29) is 5.41 Å². The first-order valence-electron chi connectivity index (χ1n) is 4.30. The van der Waals surface area contributed by atoms with Gasteiger partial charge in [-0.25, -0.2) is 0 Å². The Hall–Kier alpha value is -0.890. The minimum Gasteiger partial charge on any atom is -0.303 e. The van der Waals surface area contributed by atoms with Crippen LogP contribution in [-0.4, -0.2) is 11.3 Å². The Morgan fingerprint density at radius 1 is 1.62 bits per heavy atom. The molecule has 2 nitrogen and oxygen atoms in total. The molecule has 0 atom stereocenters. The molecule has 1 fully saturated rings. The number of rotatable bonds is 3. The van der Waals surface area contributed by atoms with Crippen molar-refractivity contribution in [2.45, 2.75) is 19.3 Å². The van der Waals surface area contributed by atoms with Crippen molar-refractivity contribution in [1.29, 1.82) is 0 Å². The van der Waals surface area contributed by atoms with Gasteiger partial charge in [-0.1, -0.05) is 11.6 Å². The van der Waals surface area contributed by atoms with Gasteiger partial charge in [0.05, 0.1) is 5.02 Å². The van der Waals surface area contributed by atoms with E-state index in [0.717, 1.165) is 31.1 Å². The molecule has 1 aliphatic rings. The number of nitrogens with zero attached hydrogens (tertiary/aromatic N) is 1. The van der Waals surface area contributed by atoms with Crippen LogP contribution in [0.25, 0.3) is 0 Å². The van der Waals surface area contributed by atoms with Crippen LogP contribution in [0.1, 0.15) is 18.4 Å². The van der Waals surface area contributed by atoms with Crippen LogP contribution in [0.4, 0.5) is 0 Å². The van der Waals surface area contributed by atoms with E-state index in [1.165, 1.54) is 0 Å². The highest BCUT2D eigenvalue weighted by atomic mass is 35.5. The normalized spacial score (nSPS) is 18.2. The first kappa shape index (κ1) is 8.70. The third kappa shape index (κ3) is 1.73. The van der Waals surface area contributed by atoms with Crippen LogP contribution in [0.2, 0.25) is 5.02 Å². The second kappa shape index (κ2) is 3.11. The third-order valence-electron chi connectivity index (χ3n) is 2.54. The van der Waals surface area contributed by atoms with Crippen molar-refractivity contribution in [3.05, 3.63) is 29.0 Å². The second-order valence-electron chi connectivity index (χ2n) is 3.62. The maximum absolute atomic E-state index is 10.7. The van der Waals surface area contributed by atoms with Crippen LogP contribution < -0.4 is 0 Å². The summed E-state index contributed by atoms with van der Waals surface area (Å²) in [5.74, 6) is 0. The zero-order valence-corrected chi connectivity index (χ0v) is 7.92. The first-order chi connectivity index (χ1) is 6.26. The highest BCUT2D eigenvalue weighted by molar-refractivity contribution is 6.31. The van der Waals surface area contributed by atoms with E-state index < -0.39 is 0 Å². The Kier molecular flexibility index (Phi) is 2.08. The lowest BCUT2D eigenvalue weighted by Crippen LogP contribution is -2.06. The highest BCUT2D eigenvalue weighted by Gasteiger charge is 2.42. The third-order valence-corrected chi connectivity index (χ3v) is 2.88. The van der Waals surface area contributed by atoms with Gasteiger partial charge in [0.2, 0.25) is 0 Å². The predicted octanol–water partition coefficient (Wildman–Crippen LogP) is 2.26. The number of pyridine rings is 1. The second-order valence-corrected chi connectivity index (χ2v) is 4.03. The van der Waals surface area contributed by atoms with Crippen molar-refractivity contribution in [3.63, 3.8) is 0 Å². The zero-order valence-electron chi connectivity index (χ0n) is 7.16. The van der Waals surface area contributed by atoms with Crippen molar-refractivity contribution in [2.24, 2.45) is 5.41 Å². The molecule has 2 rings (SSSR count). The van der Waals surface area contributed by atoms with Crippen molar-refractivity contribution < 1.29 is 4.79 Å². The van der Waals surface area contributed by atoms with Gasteiger partial charge in [-0.3, -0.25) is 4.98 Å². The lowest BCUT2D eigenvalue weighted by Gasteiger charge is -2.07. The monoisotopic (exact) mass is 195 g/mol. The maximum atomic E-state index is 10.7. The molecule has 3 heteroatoms. The van der Waals surface area contributed by atoms with E-state index in [2.05, 4.69) is 4.98 Å². The molecule has 1 heterocycles. The summed E-state index contributed by atoms with van der Waals surface area (Å²) in [5, 5.41) is 0.663. The smallest absolute Gasteiger partial charge is 0.126 e. The molecule has 68 valence electrons. The minimum absolute atomic E-state index is 0.106. The van der Waals surface area contributed by atoms with E-state index in [4.69, 9.17) is 11.6 Å². The Labute approximate surface area is 81.9 Å². The topological polar surface area (TPSA) is 30.0 Å². The summed E-state index contributed by atoms with van der Waals surface area (Å²) in [5.41, 5.74) is 0.923. The molecule has 0 unspecified atom stereocenters. The molecule has 0 bridgehead atoms. The van der Waals surface area contributed by atoms with Gasteiger partial charge in [-0.05, 0) is 30.9 Å². The molecule has 13 heavy (non-hydrogen) atoms. The fourth-order valence-electron chi connectivity index (χ4n) is 1.42. The van der Waals surface area contributed by atoms with Crippen molar-refractivity contribution in [2.75, 3.05) is 0 Å². The van der Waals surface area contributed by atoms with Crippen LogP contribution in [0.15, 0.2) is 18.5 Å². The van der Waals surface area contributed by atoms with Gasteiger partial charge >= 0.3 is 0 Å². The summed E-state index contributed by atoms with van der Waals surface area (Å²) < 4.78 is 0. The van der Waals surface area contributed by atoms with Gasteiger partial charge in [0.1, 0.15) is 6.29 Å². The Morgan fingerprint density at radius 3 is 2.92 bits per heavy atom. The first-order valence-corrected chi connectivity index (χ1v) is 4.68. The molecule has 0 amide bonds. The summed E-state index contributed by atoms with van der Waals surface area (Å²) in [6, 6.07) is 1.88. The molecular formula is C10H10ClNO. The Balaban J connectivity index is 2.18. The summed E-state index contributed by atoms with van der Waals surface area (Å²) in [6.45, 7) is 0. The van der Waals surface area contributed by atoms with E-state index in [1.807, 2.05) is 6.07 Å². The quantitative estimate of drug-likeness (QED) is 0.693. The Morgan fingerprint density at radius 2 is 2.38 bits per heavy atom. The van der Waals surface area contributed by atoms with Gasteiger partial charge in [0, 0.05) is 17.8 Å². The van der Waals surface area contributed by atoms with Crippen LogP contribution in [0.5, 0.6) is 0 Å². The van der Waals surface area contributed by atoms with Crippen LogP contribution in [0.3, 0.4) is 0 Å². The number of aromatic nitrogens is 1. The van der Waals surface area contributed by atoms with E-state index in [9.17, 15) is 4.79 Å². The Bertz CT molecular complexity index is 333. The minimum atomic E-state index is -0.106. The lowest BCUT2D eigenvalue weighted by molar-refractivity contribution is -0.112. The lowest BCUT2D eigenvalue weighted by atomic mass is 9.99. The highest BCUT2D eigenvalue weighted by Crippen LogP contribution is 2.46. The summed E-state index contributed by atoms with van der Waals surface area (Å²) in [4.78, 5) is 14.6. The summed E-state index contributed by atoms with van der Waals surface area (Å²) in [7, 11) is 0. The molecule has 1 aromatic heterocycles. The molecule has 1 aliphatic carbocycles. The number of aldehydes is 1. The standard InChI is InChI=1S/C10H10ClNO/c11-9-6-12-4-1-8(9)5-10(7-13)2-3-10/h1,4,6-7H,2-3,5H2. The fourth-order valence-corrected chi connectivity index (χ4v) is 1.61. The molecule has 0 N–H and O–H groups in total. The average molecular weight is 196 g/mol. The number of carbonyl (C=O) groups excluding carboxylic acids is 1. The predicted molar refractivity (Wildman–Crippen MR) is 50.7 cm³/mol. The summed E-state index contributed by atoms with van der Waals surface area (Å²) >= 11 is 5.94. The van der Waals surface area contributed by atoms with E-state index in [1.54, 1.807) is 12.4 Å².